The fourth-order valence-electron chi connectivity index (χ4n) is 3.19. The van der Waals surface area contributed by atoms with Gasteiger partial charge in [0.25, 0.3) is 0 Å². The number of nitrogens with zero attached hydrogens (tertiary/aromatic N) is 3. The van der Waals surface area contributed by atoms with Crippen LogP contribution in [0.1, 0.15) is 18.4 Å². The van der Waals surface area contributed by atoms with Gasteiger partial charge in [0.15, 0.2) is 0 Å². The third kappa shape index (κ3) is 2.15. The lowest BCUT2D eigenvalue weighted by Gasteiger charge is -2.43. The van der Waals surface area contributed by atoms with Gasteiger partial charge in [-0.1, -0.05) is 0 Å². The molecule has 1 aromatic rings. The largest absolute Gasteiger partial charge is 0.464 e. The number of halogens is 1. The molecule has 0 amide bonds. The molecule has 120 valence electrons. The molecule has 22 heavy (non-hydrogen) atoms. The Balaban J connectivity index is 1.92. The number of carbonyl (C=O) groups is 1. The van der Waals surface area contributed by atoms with E-state index in [4.69, 9.17) is 9.47 Å². The van der Waals surface area contributed by atoms with E-state index in [2.05, 4.69) is 9.97 Å². The molecule has 2 aliphatic heterocycles. The first-order valence-electron chi connectivity index (χ1n) is 7.41. The van der Waals surface area contributed by atoms with Crippen molar-refractivity contribution in [2.45, 2.75) is 26.4 Å². The number of carbonyl (C=O) groups excluding carboxylic acids is 1. The Morgan fingerprint density at radius 2 is 2.14 bits per heavy atom. The third-order valence-electron chi connectivity index (χ3n) is 4.38. The number of rotatable bonds is 3. The Morgan fingerprint density at radius 1 is 1.41 bits per heavy atom. The maximum absolute atomic E-state index is 15.5. The fraction of sp³-hybridized carbons (Fsp3) is 0.667. The molecule has 1 aromatic heterocycles. The van der Waals surface area contributed by atoms with Crippen LogP contribution in [0.4, 0.5) is 10.2 Å². The second-order valence-electron chi connectivity index (χ2n) is 6.07. The van der Waals surface area contributed by atoms with Gasteiger partial charge in [0.05, 0.1) is 31.8 Å². The van der Waals surface area contributed by atoms with E-state index < -0.39 is 17.1 Å². The maximum atomic E-state index is 15.5. The van der Waals surface area contributed by atoms with Crippen molar-refractivity contribution in [3.8, 4) is 0 Å². The molecule has 0 N–H and O–H groups in total. The number of ether oxygens (including phenoxy) is 2. The van der Waals surface area contributed by atoms with Gasteiger partial charge in [0.2, 0.25) is 5.67 Å². The number of alkyl halides is 1. The van der Waals surface area contributed by atoms with Gasteiger partial charge >= 0.3 is 5.97 Å². The molecule has 1 spiro atoms. The summed E-state index contributed by atoms with van der Waals surface area (Å²) in [5, 5.41) is 0. The van der Waals surface area contributed by atoms with Crippen LogP contribution in [0.15, 0.2) is 6.07 Å². The summed E-state index contributed by atoms with van der Waals surface area (Å²) in [6.45, 7) is 6.27. The molecule has 0 bridgehead atoms. The Morgan fingerprint density at radius 3 is 2.68 bits per heavy atom. The van der Waals surface area contributed by atoms with E-state index in [0.717, 1.165) is 5.69 Å². The van der Waals surface area contributed by atoms with Crippen molar-refractivity contribution in [1.82, 2.24) is 9.97 Å². The van der Waals surface area contributed by atoms with Gasteiger partial charge in [0, 0.05) is 18.3 Å². The van der Waals surface area contributed by atoms with Gasteiger partial charge in [-0.3, -0.25) is 0 Å². The SMILES string of the molecule is CCOC(=O)[C@]1(F)CN(c2cc(C)nc(C)n2)CC12COC2. The van der Waals surface area contributed by atoms with Crippen molar-refractivity contribution in [1.29, 1.82) is 0 Å². The van der Waals surface area contributed by atoms with Crippen LogP contribution in [0.2, 0.25) is 0 Å². The van der Waals surface area contributed by atoms with Crippen LogP contribution >= 0.6 is 0 Å². The summed E-state index contributed by atoms with van der Waals surface area (Å²) < 4.78 is 25.7. The van der Waals surface area contributed by atoms with Gasteiger partial charge in [-0.25, -0.2) is 19.2 Å². The van der Waals surface area contributed by atoms with E-state index in [0.29, 0.717) is 18.2 Å². The molecule has 2 saturated heterocycles. The lowest BCUT2D eigenvalue weighted by molar-refractivity contribution is -0.196. The zero-order valence-corrected chi connectivity index (χ0v) is 13.1. The van der Waals surface area contributed by atoms with E-state index in [9.17, 15) is 4.79 Å². The predicted octanol–water partition coefficient (Wildman–Crippen LogP) is 1.20. The number of aromatic nitrogens is 2. The lowest BCUT2D eigenvalue weighted by Crippen LogP contribution is -2.61. The predicted molar refractivity (Wildman–Crippen MR) is 77.4 cm³/mol. The molecule has 0 aromatic carbocycles. The molecule has 7 heteroatoms. The van der Waals surface area contributed by atoms with Crippen LogP contribution in [0.25, 0.3) is 0 Å². The van der Waals surface area contributed by atoms with Gasteiger partial charge in [-0.2, -0.15) is 0 Å². The van der Waals surface area contributed by atoms with Crippen LogP contribution in [0, 0.1) is 19.3 Å². The Kier molecular flexibility index (Phi) is 3.55. The number of hydrogen-bond donors (Lipinski definition) is 0. The first kappa shape index (κ1) is 15.1. The second-order valence-corrected chi connectivity index (χ2v) is 6.07. The van der Waals surface area contributed by atoms with Crippen LogP contribution in [-0.2, 0) is 14.3 Å². The van der Waals surface area contributed by atoms with E-state index in [1.807, 2.05) is 6.92 Å². The molecule has 3 rings (SSSR count). The summed E-state index contributed by atoms with van der Waals surface area (Å²) in [6.07, 6.45) is 0. The van der Waals surface area contributed by atoms with Gasteiger partial charge in [0.1, 0.15) is 11.6 Å². The molecule has 0 aliphatic carbocycles. The highest BCUT2D eigenvalue weighted by Crippen LogP contribution is 2.49. The molecular formula is C15H20FN3O3. The van der Waals surface area contributed by atoms with Crippen LogP contribution in [0.3, 0.4) is 0 Å². The smallest absolute Gasteiger partial charge is 0.346 e. The highest BCUT2D eigenvalue weighted by molar-refractivity contribution is 5.83. The summed E-state index contributed by atoms with van der Waals surface area (Å²) >= 11 is 0. The van der Waals surface area contributed by atoms with Crippen molar-refractivity contribution >= 4 is 11.8 Å². The lowest BCUT2D eigenvalue weighted by atomic mass is 9.74. The maximum Gasteiger partial charge on any atom is 0.346 e. The second kappa shape index (κ2) is 5.15. The average Bonchev–Trinajstić information content (AvgIpc) is 2.73. The quantitative estimate of drug-likeness (QED) is 0.782. The van der Waals surface area contributed by atoms with Crippen LogP contribution in [-0.4, -0.2) is 54.5 Å². The molecule has 6 nitrogen and oxygen atoms in total. The molecule has 0 unspecified atom stereocenters. The van der Waals surface area contributed by atoms with E-state index in [1.54, 1.807) is 24.8 Å². The van der Waals surface area contributed by atoms with E-state index in [-0.39, 0.29) is 26.4 Å². The third-order valence-corrected chi connectivity index (χ3v) is 4.38. The highest BCUT2D eigenvalue weighted by atomic mass is 19.1. The Hall–Kier alpha value is -1.76. The Labute approximate surface area is 128 Å². The summed E-state index contributed by atoms with van der Waals surface area (Å²) in [6, 6.07) is 1.80. The summed E-state index contributed by atoms with van der Waals surface area (Å²) in [5.41, 5.74) is -2.09. The minimum atomic E-state index is -2.06. The normalized spacial score (nSPS) is 26.1. The van der Waals surface area contributed by atoms with Gasteiger partial charge in [-0.15, -0.1) is 0 Å². The van der Waals surface area contributed by atoms with E-state index >= 15 is 4.39 Å². The zero-order valence-electron chi connectivity index (χ0n) is 13.1. The topological polar surface area (TPSA) is 64.5 Å². The minimum Gasteiger partial charge on any atom is -0.464 e. The molecule has 1 atom stereocenters. The van der Waals surface area contributed by atoms with Crippen molar-refractivity contribution in [3.05, 3.63) is 17.6 Å². The molecule has 0 radical (unpaired) electrons. The number of esters is 1. The molecule has 2 fully saturated rings. The highest BCUT2D eigenvalue weighted by Gasteiger charge is 2.68. The molecule has 2 aliphatic rings. The molecule has 0 saturated carbocycles. The van der Waals surface area contributed by atoms with Crippen molar-refractivity contribution in [2.75, 3.05) is 37.8 Å². The summed E-state index contributed by atoms with van der Waals surface area (Å²) in [4.78, 5) is 22.6. The summed E-state index contributed by atoms with van der Waals surface area (Å²) in [5.74, 6) is 0.463. The standard InChI is InChI=1S/C15H20FN3O3/c1-4-22-13(20)15(16)7-19(6-14(15)8-21-9-14)12-5-10(2)17-11(3)18-12/h5H,4,6-9H2,1-3H3/t15-/m1/s1. The Bertz CT molecular complexity index is 585. The van der Waals surface area contributed by atoms with Gasteiger partial charge < -0.3 is 14.4 Å². The van der Waals surface area contributed by atoms with Crippen LogP contribution < -0.4 is 4.90 Å². The first-order chi connectivity index (χ1) is 10.4. The van der Waals surface area contributed by atoms with Gasteiger partial charge in [-0.05, 0) is 20.8 Å². The number of anilines is 1. The first-order valence-corrected chi connectivity index (χ1v) is 7.41. The van der Waals surface area contributed by atoms with Crippen LogP contribution in [0.5, 0.6) is 0 Å². The monoisotopic (exact) mass is 309 g/mol. The van der Waals surface area contributed by atoms with Crippen molar-refractivity contribution in [3.63, 3.8) is 0 Å². The number of aryl methyl sites for hydroxylation is 2. The molecular weight excluding hydrogens is 289 g/mol. The average molecular weight is 309 g/mol. The molecule has 3 heterocycles. The fourth-order valence-corrected chi connectivity index (χ4v) is 3.19. The minimum absolute atomic E-state index is 0.0644. The zero-order chi connectivity index (χ0) is 16.0. The number of hydrogen-bond acceptors (Lipinski definition) is 6. The summed E-state index contributed by atoms with van der Waals surface area (Å²) in [7, 11) is 0. The van der Waals surface area contributed by atoms with E-state index in [1.165, 1.54) is 0 Å². The van der Waals surface area contributed by atoms with Crippen molar-refractivity contribution in [2.24, 2.45) is 5.41 Å². The van der Waals surface area contributed by atoms with Crippen molar-refractivity contribution < 1.29 is 18.7 Å².